The van der Waals surface area contributed by atoms with Crippen LogP contribution < -0.4 is 5.32 Å². The second-order valence-corrected chi connectivity index (χ2v) is 4.45. The van der Waals surface area contributed by atoms with E-state index in [1.807, 2.05) is 0 Å². The molecule has 0 aliphatic heterocycles. The number of aromatic carboxylic acids is 1. The van der Waals surface area contributed by atoms with E-state index in [1.165, 1.54) is 12.3 Å². The number of anilines is 2. The largest absolute Gasteiger partial charge is 0.478 e. The van der Waals surface area contributed by atoms with Gasteiger partial charge in [-0.2, -0.15) is 13.2 Å². The van der Waals surface area contributed by atoms with Gasteiger partial charge >= 0.3 is 12.1 Å². The first kappa shape index (κ1) is 15.1. The van der Waals surface area contributed by atoms with Gasteiger partial charge in [-0.1, -0.05) is 11.6 Å². The fraction of sp³-hybridized carbons (Fsp3) is 0.0769. The highest BCUT2D eigenvalue weighted by atomic mass is 35.5. The van der Waals surface area contributed by atoms with Gasteiger partial charge in [0, 0.05) is 12.4 Å². The van der Waals surface area contributed by atoms with Gasteiger partial charge in [0.2, 0.25) is 0 Å². The molecule has 0 unspecified atom stereocenters. The average Bonchev–Trinajstić information content (AvgIpc) is 2.40. The van der Waals surface area contributed by atoms with Crippen LogP contribution in [0.1, 0.15) is 15.9 Å². The molecule has 0 radical (unpaired) electrons. The summed E-state index contributed by atoms with van der Waals surface area (Å²) in [5.74, 6) is -1.21. The Labute approximate surface area is 122 Å². The molecule has 2 rings (SSSR count). The molecule has 0 spiro atoms. The molecule has 0 aliphatic rings. The van der Waals surface area contributed by atoms with Crippen molar-refractivity contribution in [2.24, 2.45) is 0 Å². The Morgan fingerprint density at radius 3 is 2.52 bits per heavy atom. The highest BCUT2D eigenvalue weighted by Crippen LogP contribution is 2.35. The van der Waals surface area contributed by atoms with Crippen LogP contribution in [0.5, 0.6) is 0 Å². The monoisotopic (exact) mass is 316 g/mol. The van der Waals surface area contributed by atoms with E-state index in [4.69, 9.17) is 16.7 Å². The molecule has 0 bridgehead atoms. The third-order valence-corrected chi connectivity index (χ3v) is 2.93. The zero-order valence-electron chi connectivity index (χ0n) is 10.3. The molecular formula is C13H8ClF3N2O2. The van der Waals surface area contributed by atoms with E-state index in [2.05, 4.69) is 10.3 Å². The summed E-state index contributed by atoms with van der Waals surface area (Å²) in [6.07, 6.45) is -2.01. The molecule has 0 fully saturated rings. The summed E-state index contributed by atoms with van der Waals surface area (Å²) in [6.45, 7) is 0. The van der Waals surface area contributed by atoms with Crippen LogP contribution in [0, 0.1) is 0 Å². The fourth-order valence-corrected chi connectivity index (χ4v) is 1.84. The second kappa shape index (κ2) is 5.61. The van der Waals surface area contributed by atoms with E-state index in [9.17, 15) is 18.0 Å². The molecule has 4 nitrogen and oxygen atoms in total. The van der Waals surface area contributed by atoms with Crippen LogP contribution in [0.4, 0.5) is 24.5 Å². The van der Waals surface area contributed by atoms with Crippen LogP contribution >= 0.6 is 11.6 Å². The van der Waals surface area contributed by atoms with Crippen molar-refractivity contribution in [3.63, 3.8) is 0 Å². The Morgan fingerprint density at radius 1 is 1.24 bits per heavy atom. The number of hydrogen-bond acceptors (Lipinski definition) is 3. The third-order valence-electron chi connectivity index (χ3n) is 2.62. The first-order valence-electron chi connectivity index (χ1n) is 5.60. The number of nitrogens with zero attached hydrogens (tertiary/aromatic N) is 1. The van der Waals surface area contributed by atoms with E-state index in [0.717, 1.165) is 24.4 Å². The van der Waals surface area contributed by atoms with Crippen LogP contribution in [0.3, 0.4) is 0 Å². The van der Waals surface area contributed by atoms with Crippen molar-refractivity contribution < 1.29 is 23.1 Å². The van der Waals surface area contributed by atoms with Crippen LogP contribution in [0.25, 0.3) is 0 Å². The smallest absolute Gasteiger partial charge is 0.416 e. The maximum Gasteiger partial charge on any atom is 0.416 e. The van der Waals surface area contributed by atoms with Crippen molar-refractivity contribution in [1.82, 2.24) is 4.98 Å². The SMILES string of the molecule is O=C(O)c1cnccc1Nc1ccc(C(F)(F)F)cc1Cl. The normalized spacial score (nSPS) is 11.2. The minimum atomic E-state index is -4.49. The van der Waals surface area contributed by atoms with Crippen molar-refractivity contribution in [2.45, 2.75) is 6.18 Å². The first-order valence-corrected chi connectivity index (χ1v) is 5.98. The Bertz CT molecular complexity index is 689. The Morgan fingerprint density at radius 2 is 1.95 bits per heavy atom. The van der Waals surface area contributed by atoms with Crippen LogP contribution in [-0.4, -0.2) is 16.1 Å². The van der Waals surface area contributed by atoms with Gasteiger partial charge in [0.25, 0.3) is 0 Å². The van der Waals surface area contributed by atoms with Crippen molar-refractivity contribution >= 4 is 28.9 Å². The van der Waals surface area contributed by atoms with Gasteiger partial charge in [-0.05, 0) is 24.3 Å². The molecule has 21 heavy (non-hydrogen) atoms. The van der Waals surface area contributed by atoms with Gasteiger partial charge in [-0.15, -0.1) is 0 Å². The molecule has 110 valence electrons. The highest BCUT2D eigenvalue weighted by Gasteiger charge is 2.30. The zero-order chi connectivity index (χ0) is 15.6. The number of aromatic nitrogens is 1. The number of benzene rings is 1. The number of nitrogens with one attached hydrogen (secondary N) is 1. The lowest BCUT2D eigenvalue weighted by atomic mass is 10.1. The molecule has 8 heteroatoms. The van der Waals surface area contributed by atoms with Crippen molar-refractivity contribution in [3.05, 3.63) is 52.8 Å². The minimum Gasteiger partial charge on any atom is -0.478 e. The Kier molecular flexibility index (Phi) is 4.04. The number of carboxylic acid groups (broad SMARTS) is 1. The first-order chi connectivity index (χ1) is 9.79. The number of alkyl halides is 3. The number of halogens is 4. The molecule has 0 aliphatic carbocycles. The van der Waals surface area contributed by atoms with Gasteiger partial charge in [-0.3, -0.25) is 4.98 Å². The molecule has 1 aromatic carbocycles. The minimum absolute atomic E-state index is 0.117. The predicted octanol–water partition coefficient (Wildman–Crippen LogP) is 4.20. The van der Waals surface area contributed by atoms with Gasteiger partial charge in [0.05, 0.1) is 22.0 Å². The summed E-state index contributed by atoms with van der Waals surface area (Å²) in [4.78, 5) is 14.7. The predicted molar refractivity (Wildman–Crippen MR) is 70.9 cm³/mol. The van der Waals surface area contributed by atoms with Crippen molar-refractivity contribution in [3.8, 4) is 0 Å². The Hall–Kier alpha value is -2.28. The number of pyridine rings is 1. The molecule has 1 aromatic heterocycles. The summed E-state index contributed by atoms with van der Waals surface area (Å²) in [5.41, 5.74) is -0.655. The lowest BCUT2D eigenvalue weighted by molar-refractivity contribution is -0.137. The summed E-state index contributed by atoms with van der Waals surface area (Å²) in [6, 6.07) is 4.15. The standard InChI is InChI=1S/C13H8ClF3N2O2/c14-9-5-7(13(15,16)17)1-2-11(9)19-10-3-4-18-6-8(10)12(20)21/h1-6H,(H,18,19)(H,20,21). The number of rotatable bonds is 3. The van der Waals surface area contributed by atoms with Gasteiger partial charge < -0.3 is 10.4 Å². The molecule has 0 amide bonds. The van der Waals surface area contributed by atoms with E-state index in [0.29, 0.717) is 0 Å². The summed E-state index contributed by atoms with van der Waals surface area (Å²) in [5, 5.41) is 11.5. The van der Waals surface area contributed by atoms with E-state index >= 15 is 0 Å². The van der Waals surface area contributed by atoms with Crippen molar-refractivity contribution in [1.29, 1.82) is 0 Å². The Balaban J connectivity index is 2.35. The van der Waals surface area contributed by atoms with E-state index in [-0.39, 0.29) is 22.0 Å². The zero-order valence-corrected chi connectivity index (χ0v) is 11.0. The molecule has 0 atom stereocenters. The summed E-state index contributed by atoms with van der Waals surface area (Å²) < 4.78 is 37.6. The maximum atomic E-state index is 12.5. The van der Waals surface area contributed by atoms with Crippen LogP contribution in [0.15, 0.2) is 36.7 Å². The maximum absolute atomic E-state index is 12.5. The number of carboxylic acids is 1. The molecule has 0 saturated heterocycles. The van der Waals surface area contributed by atoms with E-state index in [1.54, 1.807) is 0 Å². The third kappa shape index (κ3) is 3.43. The van der Waals surface area contributed by atoms with Gasteiger partial charge in [0.15, 0.2) is 0 Å². The molecule has 0 saturated carbocycles. The molecule has 1 heterocycles. The quantitative estimate of drug-likeness (QED) is 0.891. The van der Waals surface area contributed by atoms with Crippen LogP contribution in [-0.2, 0) is 6.18 Å². The van der Waals surface area contributed by atoms with Gasteiger partial charge in [-0.25, -0.2) is 4.79 Å². The molecular weight excluding hydrogens is 309 g/mol. The van der Waals surface area contributed by atoms with E-state index < -0.39 is 17.7 Å². The van der Waals surface area contributed by atoms with Gasteiger partial charge in [0.1, 0.15) is 5.56 Å². The number of carbonyl (C=O) groups is 1. The summed E-state index contributed by atoms with van der Waals surface area (Å²) >= 11 is 5.79. The topological polar surface area (TPSA) is 62.2 Å². The van der Waals surface area contributed by atoms with Crippen LogP contribution in [0.2, 0.25) is 5.02 Å². The average molecular weight is 317 g/mol. The lowest BCUT2D eigenvalue weighted by Gasteiger charge is -2.13. The lowest BCUT2D eigenvalue weighted by Crippen LogP contribution is -2.06. The molecule has 2 N–H and O–H groups in total. The highest BCUT2D eigenvalue weighted by molar-refractivity contribution is 6.33. The van der Waals surface area contributed by atoms with Crippen molar-refractivity contribution in [2.75, 3.05) is 5.32 Å². The fourth-order valence-electron chi connectivity index (χ4n) is 1.61. The molecule has 2 aromatic rings. The summed E-state index contributed by atoms with van der Waals surface area (Å²) in [7, 11) is 0. The number of hydrogen-bond donors (Lipinski definition) is 2. The second-order valence-electron chi connectivity index (χ2n) is 4.04.